The van der Waals surface area contributed by atoms with Crippen molar-refractivity contribution >= 4 is 30.5 Å². The Bertz CT molecular complexity index is 787. The lowest BCUT2D eigenvalue weighted by Crippen LogP contribution is -2.54. The van der Waals surface area contributed by atoms with Gasteiger partial charge in [0, 0.05) is 17.8 Å². The van der Waals surface area contributed by atoms with E-state index in [9.17, 15) is 19.5 Å². The van der Waals surface area contributed by atoms with Crippen molar-refractivity contribution in [3.8, 4) is 5.75 Å². The fraction of sp³-hybridized carbons (Fsp3) is 0.591. The molecule has 3 amide bonds. The average molecular weight is 452 g/mol. The van der Waals surface area contributed by atoms with Crippen molar-refractivity contribution in [2.24, 2.45) is 0 Å². The number of nitrogens with one attached hydrogen (secondary N) is 2. The van der Waals surface area contributed by atoms with E-state index < -0.39 is 29.7 Å². The Kier molecular flexibility index (Phi) is 8.22. The number of nitrogens with zero attached hydrogens (tertiary/aromatic N) is 1. The number of ether oxygens (including phenoxy) is 1. The van der Waals surface area contributed by atoms with Crippen molar-refractivity contribution in [3.05, 3.63) is 29.8 Å². The second-order valence-electron chi connectivity index (χ2n) is 9.02. The molecule has 172 valence electrons. The Morgan fingerprint density at radius 2 is 1.74 bits per heavy atom. The van der Waals surface area contributed by atoms with Crippen LogP contribution in [-0.2, 0) is 14.3 Å². The van der Waals surface area contributed by atoms with E-state index in [2.05, 4.69) is 23.3 Å². The third-order valence-corrected chi connectivity index (χ3v) is 4.90. The summed E-state index contributed by atoms with van der Waals surface area (Å²) in [6.07, 6.45) is 0.811. The van der Waals surface area contributed by atoms with Crippen LogP contribution in [0.3, 0.4) is 0 Å². The van der Waals surface area contributed by atoms with Gasteiger partial charge in [0.05, 0.1) is 0 Å². The molecule has 0 aliphatic heterocycles. The minimum Gasteiger partial charge on any atom is -0.508 e. The molecule has 1 saturated carbocycles. The predicted molar refractivity (Wildman–Crippen MR) is 121 cm³/mol. The van der Waals surface area contributed by atoms with Gasteiger partial charge in [-0.3, -0.25) is 9.59 Å². The van der Waals surface area contributed by atoms with Crippen molar-refractivity contribution < 1.29 is 24.2 Å². The van der Waals surface area contributed by atoms with E-state index in [0.29, 0.717) is 5.56 Å². The molecule has 1 aliphatic carbocycles. The van der Waals surface area contributed by atoms with Crippen molar-refractivity contribution in [1.82, 2.24) is 15.5 Å². The van der Waals surface area contributed by atoms with Crippen molar-refractivity contribution in [2.75, 3.05) is 5.75 Å². The summed E-state index contributed by atoms with van der Waals surface area (Å²) in [5.41, 5.74) is -0.137. The molecule has 2 unspecified atom stereocenters. The van der Waals surface area contributed by atoms with Gasteiger partial charge in [-0.1, -0.05) is 12.1 Å². The molecule has 9 heteroatoms. The Morgan fingerprint density at radius 3 is 2.19 bits per heavy atom. The van der Waals surface area contributed by atoms with Crippen LogP contribution in [0.4, 0.5) is 4.79 Å². The van der Waals surface area contributed by atoms with Crippen LogP contribution in [0.25, 0.3) is 0 Å². The number of rotatable bonds is 8. The SMILES string of the molecule is CC(C)NC(=O)C(c1ccc(O)cc1)N(C(=O)C(CS)NC(=O)OC(C)(C)C)C1CC1. The summed E-state index contributed by atoms with van der Waals surface area (Å²) >= 11 is 4.25. The molecule has 2 atom stereocenters. The Hall–Kier alpha value is -2.42. The molecule has 8 nitrogen and oxygen atoms in total. The Balaban J connectivity index is 2.35. The van der Waals surface area contributed by atoms with Gasteiger partial charge >= 0.3 is 6.09 Å². The second kappa shape index (κ2) is 10.3. The van der Waals surface area contributed by atoms with E-state index in [1.54, 1.807) is 32.9 Å². The molecule has 0 heterocycles. The summed E-state index contributed by atoms with van der Waals surface area (Å²) in [5.74, 6) is -0.609. The standard InChI is InChI=1S/C22H33N3O5S/c1-13(2)23-19(27)18(14-6-10-16(26)11-7-14)25(15-8-9-15)20(28)17(12-31)24-21(29)30-22(3,4)5/h6-7,10-11,13,15,17-18,26,31H,8-9,12H2,1-5H3,(H,23,27)(H,24,29). The van der Waals surface area contributed by atoms with E-state index >= 15 is 0 Å². The number of hydrogen-bond donors (Lipinski definition) is 4. The zero-order valence-electron chi connectivity index (χ0n) is 18.7. The van der Waals surface area contributed by atoms with Crippen LogP contribution in [0.1, 0.15) is 59.1 Å². The molecule has 0 spiro atoms. The number of carbonyl (C=O) groups excluding carboxylic acids is 3. The summed E-state index contributed by atoms with van der Waals surface area (Å²) < 4.78 is 5.27. The smallest absolute Gasteiger partial charge is 0.408 e. The first kappa shape index (κ1) is 24.8. The number of phenolic OH excluding ortho intramolecular Hbond substituents is 1. The van der Waals surface area contributed by atoms with E-state index in [1.807, 2.05) is 13.8 Å². The number of benzene rings is 1. The summed E-state index contributed by atoms with van der Waals surface area (Å²) in [6, 6.07) is 4.12. The fourth-order valence-corrected chi connectivity index (χ4v) is 3.39. The first-order chi connectivity index (χ1) is 14.4. The third-order valence-electron chi connectivity index (χ3n) is 4.53. The molecular weight excluding hydrogens is 418 g/mol. The van der Waals surface area contributed by atoms with Crippen molar-refractivity contribution in [2.45, 2.75) is 77.2 Å². The van der Waals surface area contributed by atoms with Gasteiger partial charge in [-0.15, -0.1) is 0 Å². The number of phenols is 1. The molecule has 0 saturated heterocycles. The van der Waals surface area contributed by atoms with Crippen LogP contribution in [0.15, 0.2) is 24.3 Å². The molecule has 1 aliphatic rings. The molecular formula is C22H33N3O5S. The van der Waals surface area contributed by atoms with E-state index in [1.165, 1.54) is 17.0 Å². The lowest BCUT2D eigenvalue weighted by Gasteiger charge is -2.34. The monoisotopic (exact) mass is 451 g/mol. The highest BCUT2D eigenvalue weighted by Gasteiger charge is 2.43. The normalized spacial score (nSPS) is 15.7. The summed E-state index contributed by atoms with van der Waals surface area (Å²) in [7, 11) is 0. The van der Waals surface area contributed by atoms with Crippen LogP contribution in [0, 0.1) is 0 Å². The molecule has 0 aromatic heterocycles. The van der Waals surface area contributed by atoms with Crippen LogP contribution in [0.2, 0.25) is 0 Å². The molecule has 1 aromatic rings. The number of alkyl carbamates (subject to hydrolysis) is 1. The number of hydrogen-bond acceptors (Lipinski definition) is 6. The Morgan fingerprint density at radius 1 is 1.16 bits per heavy atom. The second-order valence-corrected chi connectivity index (χ2v) is 9.38. The Labute approximate surface area is 189 Å². The van der Waals surface area contributed by atoms with Crippen LogP contribution in [0.5, 0.6) is 5.75 Å². The minimum atomic E-state index is -0.953. The zero-order chi connectivity index (χ0) is 23.3. The van der Waals surface area contributed by atoms with Crippen molar-refractivity contribution in [3.63, 3.8) is 0 Å². The van der Waals surface area contributed by atoms with E-state index in [4.69, 9.17) is 4.74 Å². The van der Waals surface area contributed by atoms with Gasteiger partial charge < -0.3 is 25.4 Å². The minimum absolute atomic E-state index is 0.0510. The number of thiol groups is 1. The van der Waals surface area contributed by atoms with Gasteiger partial charge in [0.25, 0.3) is 0 Å². The largest absolute Gasteiger partial charge is 0.508 e. The maximum absolute atomic E-state index is 13.5. The van der Waals surface area contributed by atoms with E-state index in [-0.39, 0.29) is 29.5 Å². The summed E-state index contributed by atoms with van der Waals surface area (Å²) in [4.78, 5) is 40.4. The molecule has 31 heavy (non-hydrogen) atoms. The molecule has 0 bridgehead atoms. The molecule has 1 aromatic carbocycles. The lowest BCUT2D eigenvalue weighted by atomic mass is 10.0. The number of amides is 3. The number of carbonyl (C=O) groups is 3. The first-order valence-electron chi connectivity index (χ1n) is 10.4. The van der Waals surface area contributed by atoms with Gasteiger partial charge in [0.15, 0.2) is 0 Å². The zero-order valence-corrected chi connectivity index (χ0v) is 19.6. The van der Waals surface area contributed by atoms with Gasteiger partial charge in [-0.25, -0.2) is 4.79 Å². The maximum Gasteiger partial charge on any atom is 0.408 e. The van der Waals surface area contributed by atoms with Crippen LogP contribution < -0.4 is 10.6 Å². The highest BCUT2D eigenvalue weighted by Crippen LogP contribution is 2.36. The van der Waals surface area contributed by atoms with Gasteiger partial charge in [0.1, 0.15) is 23.4 Å². The molecule has 3 N–H and O–H groups in total. The maximum atomic E-state index is 13.5. The third kappa shape index (κ3) is 7.34. The molecule has 0 radical (unpaired) electrons. The topological polar surface area (TPSA) is 108 Å². The molecule has 2 rings (SSSR count). The average Bonchev–Trinajstić information content (AvgIpc) is 3.47. The summed E-state index contributed by atoms with van der Waals surface area (Å²) in [5, 5.41) is 15.1. The van der Waals surface area contributed by atoms with Crippen LogP contribution >= 0.6 is 12.6 Å². The van der Waals surface area contributed by atoms with Gasteiger partial charge in [-0.2, -0.15) is 12.6 Å². The lowest BCUT2D eigenvalue weighted by molar-refractivity contribution is -0.143. The van der Waals surface area contributed by atoms with Gasteiger partial charge in [-0.05, 0) is 65.2 Å². The highest BCUT2D eigenvalue weighted by molar-refractivity contribution is 7.80. The quantitative estimate of drug-likeness (QED) is 0.455. The number of aromatic hydroxyl groups is 1. The highest BCUT2D eigenvalue weighted by atomic mass is 32.1. The molecule has 1 fully saturated rings. The fourth-order valence-electron chi connectivity index (χ4n) is 3.14. The summed E-state index contributed by atoms with van der Waals surface area (Å²) in [6.45, 7) is 8.89. The van der Waals surface area contributed by atoms with Crippen molar-refractivity contribution in [1.29, 1.82) is 0 Å². The van der Waals surface area contributed by atoms with Gasteiger partial charge in [0.2, 0.25) is 11.8 Å². The van der Waals surface area contributed by atoms with E-state index in [0.717, 1.165) is 12.8 Å². The predicted octanol–water partition coefficient (Wildman–Crippen LogP) is 2.77. The van der Waals surface area contributed by atoms with Crippen LogP contribution in [-0.4, -0.2) is 57.4 Å². The first-order valence-corrected chi connectivity index (χ1v) is 11.1.